The summed E-state index contributed by atoms with van der Waals surface area (Å²) in [6, 6.07) is 9.02. The van der Waals surface area contributed by atoms with E-state index in [0.29, 0.717) is 6.04 Å². The highest BCUT2D eigenvalue weighted by atomic mass is 16.1. The molecule has 1 atom stereocenters. The molecule has 0 spiro atoms. The molecule has 1 saturated heterocycles. The minimum atomic E-state index is 0.00963. The Kier molecular flexibility index (Phi) is 3.38. The minimum Gasteiger partial charge on any atom is -0.322 e. The van der Waals surface area contributed by atoms with Crippen molar-refractivity contribution in [3.8, 4) is 0 Å². The lowest BCUT2D eigenvalue weighted by Gasteiger charge is -2.10. The number of fused-ring (bicyclic) bond motifs is 1. The van der Waals surface area contributed by atoms with E-state index in [4.69, 9.17) is 0 Å². The Morgan fingerprint density at radius 3 is 3.00 bits per heavy atom. The van der Waals surface area contributed by atoms with Crippen LogP contribution >= 0.6 is 0 Å². The van der Waals surface area contributed by atoms with Crippen molar-refractivity contribution in [3.05, 3.63) is 45.7 Å². The predicted octanol–water partition coefficient (Wildman–Crippen LogP) is 2.52. The van der Waals surface area contributed by atoms with Crippen LogP contribution in [0.1, 0.15) is 30.4 Å². The van der Waals surface area contributed by atoms with Crippen LogP contribution in [0.15, 0.2) is 29.1 Å². The lowest BCUT2D eigenvalue weighted by Crippen LogP contribution is -2.21. The third-order valence-corrected chi connectivity index (χ3v) is 4.04. The molecule has 1 aromatic heterocycles. The Labute approximate surface area is 113 Å². The summed E-state index contributed by atoms with van der Waals surface area (Å²) in [5.41, 5.74) is 3.07. The average molecular weight is 256 g/mol. The zero-order valence-corrected chi connectivity index (χ0v) is 11.3. The molecule has 19 heavy (non-hydrogen) atoms. The van der Waals surface area contributed by atoms with Gasteiger partial charge in [0.2, 0.25) is 0 Å². The van der Waals surface area contributed by atoms with E-state index in [1.54, 1.807) is 0 Å². The summed E-state index contributed by atoms with van der Waals surface area (Å²) in [5.74, 6) is 0. The summed E-state index contributed by atoms with van der Waals surface area (Å²) < 4.78 is 0. The fraction of sp³-hybridized carbons (Fsp3) is 0.438. The highest BCUT2D eigenvalue weighted by Crippen LogP contribution is 2.17. The molecule has 2 N–H and O–H groups in total. The van der Waals surface area contributed by atoms with Gasteiger partial charge in [-0.2, -0.15) is 0 Å². The van der Waals surface area contributed by atoms with E-state index in [1.807, 2.05) is 19.1 Å². The number of rotatable bonds is 3. The summed E-state index contributed by atoms with van der Waals surface area (Å²) in [5, 5.41) is 4.67. The van der Waals surface area contributed by atoms with Crippen molar-refractivity contribution in [2.45, 2.75) is 38.6 Å². The van der Waals surface area contributed by atoms with Gasteiger partial charge in [0.15, 0.2) is 0 Å². The number of aromatic amines is 1. The maximum atomic E-state index is 11.6. The highest BCUT2D eigenvalue weighted by Gasteiger charge is 2.13. The lowest BCUT2D eigenvalue weighted by atomic mass is 10.0. The van der Waals surface area contributed by atoms with Crippen LogP contribution in [0.5, 0.6) is 0 Å². The van der Waals surface area contributed by atoms with Gasteiger partial charge in [-0.1, -0.05) is 6.07 Å². The first kappa shape index (κ1) is 12.4. The Balaban J connectivity index is 1.80. The molecular weight excluding hydrogens is 236 g/mol. The van der Waals surface area contributed by atoms with E-state index >= 15 is 0 Å². The number of aromatic nitrogens is 1. The number of hydrogen-bond donors (Lipinski definition) is 2. The first-order chi connectivity index (χ1) is 9.22. The van der Waals surface area contributed by atoms with Crippen molar-refractivity contribution in [3.63, 3.8) is 0 Å². The average Bonchev–Trinajstić information content (AvgIpc) is 2.91. The summed E-state index contributed by atoms with van der Waals surface area (Å²) in [7, 11) is 0. The van der Waals surface area contributed by atoms with Crippen molar-refractivity contribution < 1.29 is 0 Å². The third kappa shape index (κ3) is 2.71. The molecule has 3 heteroatoms. The molecule has 1 fully saturated rings. The fourth-order valence-electron chi connectivity index (χ4n) is 2.86. The summed E-state index contributed by atoms with van der Waals surface area (Å²) >= 11 is 0. The zero-order valence-electron chi connectivity index (χ0n) is 11.3. The molecule has 1 aliphatic rings. The summed E-state index contributed by atoms with van der Waals surface area (Å²) in [6.45, 7) is 3.02. The molecule has 0 bridgehead atoms. The van der Waals surface area contributed by atoms with Gasteiger partial charge in [0.05, 0.1) is 0 Å². The van der Waals surface area contributed by atoms with Crippen LogP contribution in [0, 0.1) is 6.92 Å². The van der Waals surface area contributed by atoms with E-state index in [-0.39, 0.29) is 5.56 Å². The van der Waals surface area contributed by atoms with Crippen molar-refractivity contribution in [1.82, 2.24) is 10.3 Å². The topological polar surface area (TPSA) is 44.9 Å². The molecule has 0 radical (unpaired) electrons. The maximum absolute atomic E-state index is 11.6. The van der Waals surface area contributed by atoms with Crippen LogP contribution in [0.3, 0.4) is 0 Å². The number of hydrogen-bond acceptors (Lipinski definition) is 2. The Morgan fingerprint density at radius 2 is 2.21 bits per heavy atom. The normalized spacial score (nSPS) is 19.1. The van der Waals surface area contributed by atoms with E-state index in [2.05, 4.69) is 22.4 Å². The van der Waals surface area contributed by atoms with Gasteiger partial charge >= 0.3 is 0 Å². The first-order valence-corrected chi connectivity index (χ1v) is 7.08. The standard InChI is InChI=1S/C16H20N2O/c1-11-9-13-10-12(4-6-14-3-2-8-17-14)5-7-15(13)18-16(11)19/h5,7,9-10,14,17H,2-4,6,8H2,1H3,(H,18,19). The van der Waals surface area contributed by atoms with Crippen LogP contribution in [0.4, 0.5) is 0 Å². The second-order valence-electron chi connectivity index (χ2n) is 5.54. The number of nitrogens with one attached hydrogen (secondary N) is 2. The molecule has 2 aromatic rings. The second kappa shape index (κ2) is 5.17. The van der Waals surface area contributed by atoms with Crippen LogP contribution < -0.4 is 10.9 Å². The largest absolute Gasteiger partial charge is 0.322 e. The third-order valence-electron chi connectivity index (χ3n) is 4.04. The Morgan fingerprint density at radius 1 is 1.32 bits per heavy atom. The van der Waals surface area contributed by atoms with Gasteiger partial charge in [-0.05, 0) is 68.3 Å². The van der Waals surface area contributed by atoms with E-state index < -0.39 is 0 Å². The number of H-pyrrole nitrogens is 1. The van der Waals surface area contributed by atoms with Crippen molar-refractivity contribution >= 4 is 10.9 Å². The quantitative estimate of drug-likeness (QED) is 0.886. The molecule has 0 amide bonds. The first-order valence-electron chi connectivity index (χ1n) is 7.08. The van der Waals surface area contributed by atoms with Crippen LogP contribution in [0.25, 0.3) is 10.9 Å². The smallest absolute Gasteiger partial charge is 0.251 e. The van der Waals surface area contributed by atoms with E-state index in [0.717, 1.165) is 22.9 Å². The van der Waals surface area contributed by atoms with Crippen molar-refractivity contribution in [2.75, 3.05) is 6.54 Å². The van der Waals surface area contributed by atoms with Crippen LogP contribution in [-0.4, -0.2) is 17.6 Å². The highest BCUT2D eigenvalue weighted by molar-refractivity contribution is 5.79. The molecule has 1 unspecified atom stereocenters. The predicted molar refractivity (Wildman–Crippen MR) is 78.7 cm³/mol. The molecule has 2 heterocycles. The Bertz CT molecular complexity index is 639. The van der Waals surface area contributed by atoms with Gasteiger partial charge in [-0.15, -0.1) is 0 Å². The van der Waals surface area contributed by atoms with Gasteiger partial charge in [-0.25, -0.2) is 0 Å². The molecule has 3 rings (SSSR count). The van der Waals surface area contributed by atoms with Gasteiger partial charge in [0.25, 0.3) is 5.56 Å². The monoisotopic (exact) mass is 256 g/mol. The van der Waals surface area contributed by atoms with Crippen LogP contribution in [-0.2, 0) is 6.42 Å². The molecular formula is C16H20N2O. The van der Waals surface area contributed by atoms with Gasteiger partial charge < -0.3 is 10.3 Å². The number of pyridine rings is 1. The SMILES string of the molecule is Cc1cc2cc(CCC3CCCN3)ccc2[nH]c1=O. The fourth-order valence-corrected chi connectivity index (χ4v) is 2.86. The van der Waals surface area contributed by atoms with Crippen LogP contribution in [0.2, 0.25) is 0 Å². The van der Waals surface area contributed by atoms with Gasteiger partial charge in [0, 0.05) is 17.1 Å². The van der Waals surface area contributed by atoms with Crippen molar-refractivity contribution in [1.29, 1.82) is 0 Å². The lowest BCUT2D eigenvalue weighted by molar-refractivity contribution is 0.559. The van der Waals surface area contributed by atoms with E-state index in [9.17, 15) is 4.79 Å². The molecule has 1 aliphatic heterocycles. The Hall–Kier alpha value is -1.61. The second-order valence-corrected chi connectivity index (χ2v) is 5.54. The molecule has 100 valence electrons. The number of aryl methyl sites for hydroxylation is 2. The zero-order chi connectivity index (χ0) is 13.2. The molecule has 1 aromatic carbocycles. The minimum absolute atomic E-state index is 0.00963. The summed E-state index contributed by atoms with van der Waals surface area (Å²) in [6.07, 6.45) is 4.92. The maximum Gasteiger partial charge on any atom is 0.251 e. The van der Waals surface area contributed by atoms with E-state index in [1.165, 1.54) is 31.4 Å². The number of benzene rings is 1. The van der Waals surface area contributed by atoms with Gasteiger partial charge in [0.1, 0.15) is 0 Å². The molecule has 0 aliphatic carbocycles. The van der Waals surface area contributed by atoms with Gasteiger partial charge in [-0.3, -0.25) is 4.79 Å². The molecule has 0 saturated carbocycles. The summed E-state index contributed by atoms with van der Waals surface area (Å²) in [4.78, 5) is 14.5. The molecule has 3 nitrogen and oxygen atoms in total. The van der Waals surface area contributed by atoms with Crippen molar-refractivity contribution in [2.24, 2.45) is 0 Å².